The summed E-state index contributed by atoms with van der Waals surface area (Å²) in [5, 5.41) is 15.6. The average molecular weight is 542 g/mol. The van der Waals surface area contributed by atoms with E-state index < -0.39 is 16.0 Å². The zero-order valence-corrected chi connectivity index (χ0v) is 22.5. The van der Waals surface area contributed by atoms with Crippen LogP contribution in [0.25, 0.3) is 39.4 Å². The van der Waals surface area contributed by atoms with Crippen LogP contribution in [0.4, 0.5) is 5.69 Å². The quantitative estimate of drug-likeness (QED) is 0.271. The lowest BCUT2D eigenvalue weighted by molar-refractivity contribution is 0.0699. The molecule has 0 bridgehead atoms. The van der Waals surface area contributed by atoms with Gasteiger partial charge in [-0.3, -0.25) is 9.71 Å². The molecule has 0 atom stereocenters. The number of carbonyl (C=O) groups is 1. The van der Waals surface area contributed by atoms with Crippen LogP contribution in [-0.4, -0.2) is 45.5 Å². The van der Waals surface area contributed by atoms with Crippen LogP contribution in [0.1, 0.15) is 35.3 Å². The molecule has 0 spiro atoms. The number of rotatable bonds is 8. The van der Waals surface area contributed by atoms with Gasteiger partial charge in [0.2, 0.25) is 10.0 Å². The van der Waals surface area contributed by atoms with Gasteiger partial charge in [-0.05, 0) is 54.3 Å². The third kappa shape index (κ3) is 5.37. The second-order valence-electron chi connectivity index (χ2n) is 9.20. The molecule has 0 aliphatic rings. The number of hydrogen-bond donors (Lipinski definition) is 2. The summed E-state index contributed by atoms with van der Waals surface area (Å²) in [6.45, 7) is 4.15. The Morgan fingerprint density at radius 1 is 0.923 bits per heavy atom. The highest BCUT2D eigenvalue weighted by atomic mass is 32.2. The van der Waals surface area contributed by atoms with Crippen LogP contribution < -0.4 is 4.72 Å². The second-order valence-corrected chi connectivity index (χ2v) is 10.9. The topological polar surface area (TPSA) is 127 Å². The van der Waals surface area contributed by atoms with Gasteiger partial charge in [-0.2, -0.15) is 5.10 Å². The molecule has 0 unspecified atom stereocenters. The fraction of sp³-hybridized carbons (Fsp3) is 0.172. The number of aryl methyl sites for hydroxylation is 2. The number of benzene rings is 2. The molecule has 0 saturated heterocycles. The van der Waals surface area contributed by atoms with Crippen molar-refractivity contribution < 1.29 is 18.3 Å². The van der Waals surface area contributed by atoms with Gasteiger partial charge in [0.1, 0.15) is 5.69 Å². The van der Waals surface area contributed by atoms with E-state index in [1.54, 1.807) is 16.8 Å². The van der Waals surface area contributed by atoms with Gasteiger partial charge in [-0.25, -0.2) is 22.9 Å². The predicted molar refractivity (Wildman–Crippen MR) is 152 cm³/mol. The fourth-order valence-electron chi connectivity index (χ4n) is 4.39. The lowest BCUT2D eigenvalue weighted by Crippen LogP contribution is -2.09. The van der Waals surface area contributed by atoms with Gasteiger partial charge < -0.3 is 5.11 Å². The minimum atomic E-state index is -3.47. The minimum Gasteiger partial charge on any atom is -0.478 e. The summed E-state index contributed by atoms with van der Waals surface area (Å²) in [5.41, 5.74) is 5.80. The van der Waals surface area contributed by atoms with E-state index in [2.05, 4.69) is 23.6 Å². The van der Waals surface area contributed by atoms with E-state index in [0.29, 0.717) is 33.8 Å². The molecule has 198 valence electrons. The van der Waals surface area contributed by atoms with Gasteiger partial charge in [0, 0.05) is 5.56 Å². The van der Waals surface area contributed by atoms with Crippen molar-refractivity contribution in [2.75, 3.05) is 11.0 Å². The van der Waals surface area contributed by atoms with Crippen molar-refractivity contribution in [3.05, 3.63) is 89.6 Å². The van der Waals surface area contributed by atoms with Crippen LogP contribution in [-0.2, 0) is 22.9 Å². The first kappa shape index (κ1) is 26.1. The predicted octanol–water partition coefficient (Wildman–Crippen LogP) is 5.34. The summed E-state index contributed by atoms with van der Waals surface area (Å²) < 4.78 is 27.2. The monoisotopic (exact) mass is 541 g/mol. The van der Waals surface area contributed by atoms with E-state index in [0.717, 1.165) is 41.5 Å². The first-order valence-corrected chi connectivity index (χ1v) is 14.4. The fourth-order valence-corrected chi connectivity index (χ4v) is 4.94. The van der Waals surface area contributed by atoms with Crippen molar-refractivity contribution in [2.45, 2.75) is 26.7 Å². The Morgan fingerprint density at radius 2 is 1.56 bits per heavy atom. The maximum absolute atomic E-state index is 12.6. The molecular formula is C29H27N5O4S. The average Bonchev–Trinajstić information content (AvgIpc) is 3.31. The van der Waals surface area contributed by atoms with Crippen LogP contribution in [0, 0.1) is 0 Å². The van der Waals surface area contributed by atoms with Gasteiger partial charge >= 0.3 is 5.97 Å². The van der Waals surface area contributed by atoms with Gasteiger partial charge in [-0.15, -0.1) is 0 Å². The molecule has 0 radical (unpaired) electrons. The van der Waals surface area contributed by atoms with Gasteiger partial charge in [-0.1, -0.05) is 50.2 Å². The van der Waals surface area contributed by atoms with E-state index in [1.165, 1.54) is 12.3 Å². The zero-order valence-electron chi connectivity index (χ0n) is 21.7. The van der Waals surface area contributed by atoms with Crippen molar-refractivity contribution >= 4 is 32.7 Å². The molecule has 5 rings (SSSR count). The molecule has 0 aliphatic heterocycles. The summed E-state index contributed by atoms with van der Waals surface area (Å²) in [4.78, 5) is 21.7. The molecule has 3 aromatic heterocycles. The smallest absolute Gasteiger partial charge is 0.336 e. The number of pyridine rings is 2. The largest absolute Gasteiger partial charge is 0.478 e. The molecule has 10 heteroatoms. The number of anilines is 1. The van der Waals surface area contributed by atoms with Crippen molar-refractivity contribution in [2.24, 2.45) is 0 Å². The molecule has 0 fully saturated rings. The minimum absolute atomic E-state index is 0.0427. The number of hydrogen-bond acceptors (Lipinski definition) is 6. The molecule has 39 heavy (non-hydrogen) atoms. The number of carboxylic acids is 1. The van der Waals surface area contributed by atoms with E-state index in [-0.39, 0.29) is 5.56 Å². The molecule has 3 heterocycles. The Balaban J connectivity index is 1.75. The molecule has 0 aliphatic carbocycles. The first-order chi connectivity index (χ1) is 18.7. The van der Waals surface area contributed by atoms with Gasteiger partial charge in [0.05, 0.1) is 46.2 Å². The van der Waals surface area contributed by atoms with Crippen molar-refractivity contribution in [3.63, 3.8) is 0 Å². The summed E-state index contributed by atoms with van der Waals surface area (Å²) in [6, 6.07) is 20.4. The molecule has 0 saturated carbocycles. The highest BCUT2D eigenvalue weighted by Gasteiger charge is 2.23. The number of fused-ring (bicyclic) bond motifs is 1. The molecule has 0 amide bonds. The lowest BCUT2D eigenvalue weighted by Gasteiger charge is -2.08. The van der Waals surface area contributed by atoms with E-state index in [1.807, 2.05) is 48.5 Å². The van der Waals surface area contributed by atoms with Crippen molar-refractivity contribution in [1.82, 2.24) is 19.7 Å². The SMILES string of the molecule is CCc1ccc(-c2nn(-c3ccc(CC)cc3)c3nc(-c4ccc(NS(C)(=O)=O)cn4)cc(C(=O)O)c23)cc1. The molecule has 9 nitrogen and oxygen atoms in total. The Bertz CT molecular complexity index is 1780. The summed E-state index contributed by atoms with van der Waals surface area (Å²) >= 11 is 0. The highest BCUT2D eigenvalue weighted by molar-refractivity contribution is 7.92. The Hall–Kier alpha value is -4.57. The normalized spacial score (nSPS) is 11.6. The standard InChI is InChI=1S/C29H27N5O4S/c1-4-18-6-10-20(11-7-18)27-26-23(29(35)36)16-25(24-15-12-21(17-30-24)33-39(3,37)38)31-28(26)34(32-27)22-13-8-19(5-2)9-14-22/h6-17,33H,4-5H2,1-3H3,(H,35,36). The Kier molecular flexibility index (Phi) is 6.88. The molecular weight excluding hydrogens is 514 g/mol. The Labute approximate surface area is 226 Å². The summed E-state index contributed by atoms with van der Waals surface area (Å²) in [5.74, 6) is -1.12. The van der Waals surface area contributed by atoms with Crippen molar-refractivity contribution in [1.29, 1.82) is 0 Å². The van der Waals surface area contributed by atoms with Crippen LogP contribution in [0.3, 0.4) is 0 Å². The number of aromatic nitrogens is 4. The number of nitrogens with one attached hydrogen (secondary N) is 1. The van der Waals surface area contributed by atoms with Gasteiger partial charge in [0.15, 0.2) is 5.65 Å². The van der Waals surface area contributed by atoms with Crippen LogP contribution in [0.15, 0.2) is 72.9 Å². The van der Waals surface area contributed by atoms with Gasteiger partial charge in [0.25, 0.3) is 0 Å². The second kappa shape index (κ2) is 10.3. The Morgan fingerprint density at radius 3 is 2.10 bits per heavy atom. The van der Waals surface area contributed by atoms with Crippen LogP contribution in [0.5, 0.6) is 0 Å². The number of nitrogens with zero attached hydrogens (tertiary/aromatic N) is 4. The third-order valence-corrected chi connectivity index (χ3v) is 7.03. The van der Waals surface area contributed by atoms with E-state index in [9.17, 15) is 18.3 Å². The third-order valence-electron chi connectivity index (χ3n) is 6.42. The van der Waals surface area contributed by atoms with Crippen LogP contribution >= 0.6 is 0 Å². The summed E-state index contributed by atoms with van der Waals surface area (Å²) in [7, 11) is -3.47. The van der Waals surface area contributed by atoms with Crippen molar-refractivity contribution in [3.8, 4) is 28.3 Å². The molecule has 5 aromatic rings. The van der Waals surface area contributed by atoms with Crippen LogP contribution in [0.2, 0.25) is 0 Å². The summed E-state index contributed by atoms with van der Waals surface area (Å²) in [6.07, 6.45) is 4.19. The highest BCUT2D eigenvalue weighted by Crippen LogP contribution is 2.34. The first-order valence-electron chi connectivity index (χ1n) is 12.5. The van der Waals surface area contributed by atoms with E-state index >= 15 is 0 Å². The number of carboxylic acid groups (broad SMARTS) is 1. The molecule has 2 aromatic carbocycles. The maximum atomic E-state index is 12.6. The molecule has 2 N–H and O–H groups in total. The maximum Gasteiger partial charge on any atom is 0.336 e. The lowest BCUT2D eigenvalue weighted by atomic mass is 10.0. The number of sulfonamides is 1. The van der Waals surface area contributed by atoms with E-state index in [4.69, 9.17) is 10.1 Å². The zero-order chi connectivity index (χ0) is 27.7. The number of aromatic carboxylic acids is 1.